The lowest BCUT2D eigenvalue weighted by atomic mass is 10.2. The summed E-state index contributed by atoms with van der Waals surface area (Å²) in [6.45, 7) is 1.38. The summed E-state index contributed by atoms with van der Waals surface area (Å²) < 4.78 is 15.5. The van der Waals surface area contributed by atoms with Crippen molar-refractivity contribution in [1.82, 2.24) is 15.1 Å². The van der Waals surface area contributed by atoms with Gasteiger partial charge in [0.05, 0.1) is 12.2 Å². The molecule has 2 rings (SSSR count). The van der Waals surface area contributed by atoms with E-state index in [1.165, 1.54) is 12.1 Å². The third-order valence-corrected chi connectivity index (χ3v) is 3.14. The van der Waals surface area contributed by atoms with E-state index >= 15 is 0 Å². The average molecular weight is 298 g/mol. The minimum Gasteiger partial charge on any atom is -0.314 e. The Labute approximate surface area is 108 Å². The van der Waals surface area contributed by atoms with Crippen molar-refractivity contribution < 1.29 is 4.39 Å². The Morgan fingerprint density at radius 2 is 2.24 bits per heavy atom. The Morgan fingerprint density at radius 3 is 2.94 bits per heavy atom. The van der Waals surface area contributed by atoms with Crippen LogP contribution in [0.5, 0.6) is 0 Å². The van der Waals surface area contributed by atoms with Crippen LogP contribution in [0.1, 0.15) is 11.3 Å². The number of hydrogen-bond acceptors (Lipinski definition) is 2. The minimum atomic E-state index is -0.239. The molecule has 0 aliphatic carbocycles. The lowest BCUT2D eigenvalue weighted by molar-refractivity contribution is 0.621. The van der Waals surface area contributed by atoms with Crippen LogP contribution in [0.4, 0.5) is 4.39 Å². The molecule has 0 fully saturated rings. The van der Waals surface area contributed by atoms with Crippen molar-refractivity contribution in [3.05, 3.63) is 52.0 Å². The maximum Gasteiger partial charge on any atom is 0.124 e. The molecule has 3 nitrogen and oxygen atoms in total. The van der Waals surface area contributed by atoms with Crippen LogP contribution in [0.15, 0.2) is 34.9 Å². The molecule has 17 heavy (non-hydrogen) atoms. The smallest absolute Gasteiger partial charge is 0.124 e. The van der Waals surface area contributed by atoms with Gasteiger partial charge >= 0.3 is 0 Å². The fourth-order valence-electron chi connectivity index (χ4n) is 1.59. The van der Waals surface area contributed by atoms with Crippen LogP contribution >= 0.6 is 15.9 Å². The van der Waals surface area contributed by atoms with E-state index in [-0.39, 0.29) is 5.82 Å². The molecule has 0 aliphatic rings. The van der Waals surface area contributed by atoms with Gasteiger partial charge in [0, 0.05) is 17.2 Å². The number of aromatic nitrogens is 2. The van der Waals surface area contributed by atoms with Crippen LogP contribution in [0.3, 0.4) is 0 Å². The number of hydrogen-bond donors (Lipinski definition) is 1. The highest BCUT2D eigenvalue weighted by Crippen LogP contribution is 2.18. The Hall–Kier alpha value is -1.20. The van der Waals surface area contributed by atoms with Crippen LogP contribution in [-0.2, 0) is 13.1 Å². The van der Waals surface area contributed by atoms with Gasteiger partial charge in [-0.1, -0.05) is 22.0 Å². The third-order valence-electron chi connectivity index (χ3n) is 2.40. The Bertz CT molecular complexity index is 510. The second-order valence-electron chi connectivity index (χ2n) is 3.77. The summed E-state index contributed by atoms with van der Waals surface area (Å²) in [6, 6.07) is 6.65. The van der Waals surface area contributed by atoms with E-state index in [4.69, 9.17) is 0 Å². The first kappa shape index (κ1) is 12.3. The van der Waals surface area contributed by atoms with Gasteiger partial charge in [0.25, 0.3) is 0 Å². The zero-order valence-electron chi connectivity index (χ0n) is 9.45. The molecule has 0 bridgehead atoms. The highest BCUT2D eigenvalue weighted by atomic mass is 79.9. The molecular weight excluding hydrogens is 285 g/mol. The molecule has 0 saturated carbocycles. The van der Waals surface area contributed by atoms with Gasteiger partial charge in [-0.25, -0.2) is 4.39 Å². The molecule has 1 heterocycles. The number of nitrogens with zero attached hydrogens (tertiary/aromatic N) is 2. The molecule has 2 aromatic rings. The van der Waals surface area contributed by atoms with E-state index in [1.54, 1.807) is 6.07 Å². The zero-order chi connectivity index (χ0) is 12.3. The quantitative estimate of drug-likeness (QED) is 0.940. The largest absolute Gasteiger partial charge is 0.314 e. The van der Waals surface area contributed by atoms with Gasteiger partial charge in [0.2, 0.25) is 0 Å². The monoisotopic (exact) mass is 297 g/mol. The molecule has 1 aromatic heterocycles. The molecule has 0 aliphatic heterocycles. The van der Waals surface area contributed by atoms with Gasteiger partial charge in [0.1, 0.15) is 5.82 Å². The Balaban J connectivity index is 2.13. The molecule has 1 N–H and O–H groups in total. The van der Waals surface area contributed by atoms with E-state index in [0.29, 0.717) is 6.54 Å². The molecule has 1 aromatic carbocycles. The molecule has 0 atom stereocenters. The molecule has 0 spiro atoms. The zero-order valence-corrected chi connectivity index (χ0v) is 11.0. The van der Waals surface area contributed by atoms with Gasteiger partial charge in [-0.2, -0.15) is 5.10 Å². The van der Waals surface area contributed by atoms with Gasteiger partial charge < -0.3 is 5.32 Å². The molecular formula is C12H13BrFN3. The number of nitrogens with one attached hydrogen (secondary N) is 1. The summed E-state index contributed by atoms with van der Waals surface area (Å²) in [7, 11) is 1.88. The Morgan fingerprint density at radius 1 is 1.41 bits per heavy atom. The fourth-order valence-corrected chi connectivity index (χ4v) is 2.07. The summed E-state index contributed by atoms with van der Waals surface area (Å²) in [5, 5.41) is 7.44. The van der Waals surface area contributed by atoms with Crippen molar-refractivity contribution in [2.24, 2.45) is 0 Å². The third kappa shape index (κ3) is 3.14. The predicted octanol–water partition coefficient (Wildman–Crippen LogP) is 2.55. The first-order chi connectivity index (χ1) is 8.19. The van der Waals surface area contributed by atoms with Crippen molar-refractivity contribution in [3.8, 4) is 0 Å². The van der Waals surface area contributed by atoms with E-state index in [0.717, 1.165) is 22.3 Å². The van der Waals surface area contributed by atoms with Gasteiger partial charge in [-0.15, -0.1) is 0 Å². The van der Waals surface area contributed by atoms with Gasteiger partial charge in [-0.3, -0.25) is 4.68 Å². The Kier molecular flexibility index (Phi) is 3.91. The van der Waals surface area contributed by atoms with Crippen molar-refractivity contribution in [2.45, 2.75) is 13.1 Å². The molecule has 5 heteroatoms. The molecule has 0 amide bonds. The maximum absolute atomic E-state index is 12.9. The second kappa shape index (κ2) is 5.42. The summed E-state index contributed by atoms with van der Waals surface area (Å²) >= 11 is 3.35. The minimum absolute atomic E-state index is 0.239. The van der Waals surface area contributed by atoms with Crippen LogP contribution in [-0.4, -0.2) is 16.8 Å². The van der Waals surface area contributed by atoms with Gasteiger partial charge in [-0.05, 0) is 30.8 Å². The van der Waals surface area contributed by atoms with Crippen molar-refractivity contribution in [2.75, 3.05) is 7.05 Å². The predicted molar refractivity (Wildman–Crippen MR) is 68.2 cm³/mol. The van der Waals surface area contributed by atoms with E-state index in [9.17, 15) is 4.39 Å². The standard InChI is InChI=1S/C12H13BrFN3/c1-15-7-11-4-5-17(16-11)8-9-2-3-10(14)6-12(9)13/h2-6,15H,7-8H2,1H3. The van der Waals surface area contributed by atoms with E-state index < -0.39 is 0 Å². The fraction of sp³-hybridized carbons (Fsp3) is 0.250. The topological polar surface area (TPSA) is 29.9 Å². The van der Waals surface area contributed by atoms with Crippen molar-refractivity contribution >= 4 is 15.9 Å². The average Bonchev–Trinajstić information content (AvgIpc) is 2.71. The first-order valence-electron chi connectivity index (χ1n) is 5.30. The SMILES string of the molecule is CNCc1ccn(Cc2ccc(F)cc2Br)n1. The summed E-state index contributed by atoms with van der Waals surface area (Å²) in [5.74, 6) is -0.239. The maximum atomic E-state index is 12.9. The number of benzene rings is 1. The van der Waals surface area contributed by atoms with Crippen LogP contribution in [0.2, 0.25) is 0 Å². The molecule has 0 unspecified atom stereocenters. The molecule has 90 valence electrons. The van der Waals surface area contributed by atoms with E-state index in [1.807, 2.05) is 24.0 Å². The summed E-state index contributed by atoms with van der Waals surface area (Å²) in [5.41, 5.74) is 2.00. The first-order valence-corrected chi connectivity index (χ1v) is 6.09. The highest BCUT2D eigenvalue weighted by Gasteiger charge is 2.04. The summed E-state index contributed by atoms with van der Waals surface area (Å²) in [4.78, 5) is 0. The molecule has 0 saturated heterocycles. The van der Waals surface area contributed by atoms with Gasteiger partial charge in [0.15, 0.2) is 0 Å². The normalized spacial score (nSPS) is 10.8. The molecule has 0 radical (unpaired) electrons. The van der Waals surface area contributed by atoms with Crippen molar-refractivity contribution in [3.63, 3.8) is 0 Å². The lowest BCUT2D eigenvalue weighted by Crippen LogP contribution is -2.07. The van der Waals surface area contributed by atoms with Crippen molar-refractivity contribution in [1.29, 1.82) is 0 Å². The van der Waals surface area contributed by atoms with E-state index in [2.05, 4.69) is 26.3 Å². The van der Waals surface area contributed by atoms with Crippen LogP contribution in [0, 0.1) is 5.82 Å². The number of rotatable bonds is 4. The lowest BCUT2D eigenvalue weighted by Gasteiger charge is -2.05. The number of halogens is 2. The van der Waals surface area contributed by atoms with Crippen LogP contribution in [0.25, 0.3) is 0 Å². The van der Waals surface area contributed by atoms with Crippen LogP contribution < -0.4 is 5.32 Å². The highest BCUT2D eigenvalue weighted by molar-refractivity contribution is 9.10. The summed E-state index contributed by atoms with van der Waals surface area (Å²) in [6.07, 6.45) is 1.92. The second-order valence-corrected chi connectivity index (χ2v) is 4.63.